The topological polar surface area (TPSA) is 66.5 Å². The van der Waals surface area contributed by atoms with Crippen LogP contribution in [0.3, 0.4) is 0 Å². The number of sulfonamides is 1. The second kappa shape index (κ2) is 11.1. The van der Waals surface area contributed by atoms with Crippen molar-refractivity contribution < 1.29 is 13.2 Å². The zero-order valence-electron chi connectivity index (χ0n) is 21.7. The molecule has 0 spiro atoms. The van der Waals surface area contributed by atoms with Crippen LogP contribution in [-0.2, 0) is 14.8 Å². The molecule has 4 rings (SSSR count). The van der Waals surface area contributed by atoms with Gasteiger partial charge in [0, 0.05) is 28.0 Å². The molecule has 1 saturated carbocycles. The van der Waals surface area contributed by atoms with Crippen molar-refractivity contribution in [2.45, 2.75) is 82.2 Å². The number of halogens is 2. The van der Waals surface area contributed by atoms with E-state index in [0.717, 1.165) is 11.1 Å². The van der Waals surface area contributed by atoms with Crippen LogP contribution >= 0.6 is 23.2 Å². The molecule has 8 heteroatoms. The number of benzene rings is 2. The van der Waals surface area contributed by atoms with E-state index in [0.29, 0.717) is 42.1 Å². The van der Waals surface area contributed by atoms with Gasteiger partial charge < -0.3 is 4.90 Å². The maximum absolute atomic E-state index is 14.4. The molecule has 37 heavy (non-hydrogen) atoms. The van der Waals surface area contributed by atoms with Crippen LogP contribution in [0.25, 0.3) is 0 Å². The summed E-state index contributed by atoms with van der Waals surface area (Å²) < 4.78 is 28.7. The Labute approximate surface area is 231 Å². The fourth-order valence-corrected chi connectivity index (χ4v) is 7.81. The van der Waals surface area contributed by atoms with Crippen molar-refractivity contribution >= 4 is 39.1 Å². The first kappa shape index (κ1) is 28.2. The van der Waals surface area contributed by atoms with Crippen LogP contribution in [-0.4, -0.2) is 36.6 Å². The molecular formula is C29H36Cl2N2O3S. The third-order valence-corrected chi connectivity index (χ3v) is 10.4. The molecule has 0 bridgehead atoms. The molecule has 5 atom stereocenters. The van der Waals surface area contributed by atoms with Gasteiger partial charge in [0.05, 0.1) is 16.7 Å². The Hall–Kier alpha value is -1.86. The fourth-order valence-electron chi connectivity index (χ4n) is 5.86. The van der Waals surface area contributed by atoms with Crippen molar-refractivity contribution in [2.75, 3.05) is 0 Å². The standard InChI is InChI=1S/C29H36Cl2N2O3S/c1-5-16-29(4)18-25(21-8-7-9-23(31)17-21)27(20-10-12-22(30)13-11-20)33(28(29)34)26(6-2)19(3)32-37(35,36)24-14-15-24/h5,7-13,17,19,24-27,32H,1,6,14-16,18H2,2-4H3/t19-,25?,26?,27?,29+/m1/s1. The van der Waals surface area contributed by atoms with Crippen LogP contribution < -0.4 is 4.72 Å². The average Bonchev–Trinajstić information content (AvgIpc) is 3.69. The van der Waals surface area contributed by atoms with E-state index < -0.39 is 21.5 Å². The predicted octanol–water partition coefficient (Wildman–Crippen LogP) is 6.88. The van der Waals surface area contributed by atoms with Gasteiger partial charge in [-0.3, -0.25) is 4.79 Å². The number of nitrogens with one attached hydrogen (secondary N) is 1. The van der Waals surface area contributed by atoms with E-state index in [2.05, 4.69) is 17.4 Å². The number of piperidine rings is 1. The lowest BCUT2D eigenvalue weighted by atomic mass is 9.67. The number of carbonyl (C=O) groups is 1. The Bertz CT molecular complexity index is 1250. The molecule has 3 unspecified atom stereocenters. The van der Waals surface area contributed by atoms with E-state index in [1.54, 1.807) is 6.08 Å². The van der Waals surface area contributed by atoms with E-state index in [-0.39, 0.29) is 29.2 Å². The molecule has 1 N–H and O–H groups in total. The van der Waals surface area contributed by atoms with Crippen LogP contribution in [0.2, 0.25) is 10.0 Å². The summed E-state index contributed by atoms with van der Waals surface area (Å²) >= 11 is 12.7. The Balaban J connectivity index is 1.86. The van der Waals surface area contributed by atoms with E-state index in [4.69, 9.17) is 23.2 Å². The maximum Gasteiger partial charge on any atom is 0.229 e. The highest BCUT2D eigenvalue weighted by Crippen LogP contribution is 2.52. The molecular weight excluding hydrogens is 527 g/mol. The third-order valence-electron chi connectivity index (χ3n) is 7.85. The van der Waals surface area contributed by atoms with Crippen molar-refractivity contribution in [3.05, 3.63) is 82.4 Å². The SMILES string of the molecule is C=CC[C@@]1(C)CC(c2cccc(Cl)c2)C(c2ccc(Cl)cc2)N(C(CC)[C@@H](C)NS(=O)(=O)C2CC2)C1=O. The second-order valence-corrected chi connectivity index (χ2v) is 13.6. The Morgan fingerprint density at radius 2 is 1.81 bits per heavy atom. The maximum atomic E-state index is 14.4. The lowest BCUT2D eigenvalue weighted by Crippen LogP contribution is -2.60. The summed E-state index contributed by atoms with van der Waals surface area (Å²) in [5.41, 5.74) is 1.31. The third kappa shape index (κ3) is 5.93. The number of hydrogen-bond acceptors (Lipinski definition) is 3. The lowest BCUT2D eigenvalue weighted by Gasteiger charge is -2.53. The molecule has 1 aliphatic heterocycles. The van der Waals surface area contributed by atoms with Gasteiger partial charge in [0.2, 0.25) is 15.9 Å². The van der Waals surface area contributed by atoms with Crippen molar-refractivity contribution in [3.8, 4) is 0 Å². The molecule has 0 aromatic heterocycles. The van der Waals surface area contributed by atoms with Crippen LogP contribution in [0.4, 0.5) is 0 Å². The second-order valence-electron chi connectivity index (χ2n) is 10.8. The molecule has 2 aromatic carbocycles. The minimum atomic E-state index is -3.43. The quantitative estimate of drug-likeness (QED) is 0.321. The first-order chi connectivity index (χ1) is 17.5. The number of rotatable bonds is 10. The Morgan fingerprint density at radius 3 is 2.38 bits per heavy atom. The summed E-state index contributed by atoms with van der Waals surface area (Å²) in [5, 5.41) is 0.923. The number of likely N-dealkylation sites (tertiary alicyclic amines) is 1. The van der Waals surface area contributed by atoms with E-state index in [9.17, 15) is 13.2 Å². The number of amides is 1. The molecule has 2 aliphatic rings. The smallest absolute Gasteiger partial charge is 0.229 e. The minimum Gasteiger partial charge on any atom is -0.330 e. The number of nitrogens with zero attached hydrogens (tertiary/aromatic N) is 1. The van der Waals surface area contributed by atoms with Gasteiger partial charge >= 0.3 is 0 Å². The summed E-state index contributed by atoms with van der Waals surface area (Å²) in [6, 6.07) is 14.3. The average molecular weight is 564 g/mol. The molecule has 1 aliphatic carbocycles. The van der Waals surface area contributed by atoms with Gasteiger partial charge in [0.1, 0.15) is 0 Å². The van der Waals surface area contributed by atoms with Gasteiger partial charge in [-0.25, -0.2) is 13.1 Å². The lowest BCUT2D eigenvalue weighted by molar-refractivity contribution is -0.155. The van der Waals surface area contributed by atoms with Gasteiger partial charge in [-0.1, -0.05) is 67.4 Å². The first-order valence-corrected chi connectivity index (χ1v) is 15.3. The first-order valence-electron chi connectivity index (χ1n) is 13.0. The summed E-state index contributed by atoms with van der Waals surface area (Å²) in [6.07, 6.45) is 4.89. The van der Waals surface area contributed by atoms with Gasteiger partial charge in [-0.05, 0) is 74.4 Å². The molecule has 2 fully saturated rings. The minimum absolute atomic E-state index is 0.00921. The van der Waals surface area contributed by atoms with Crippen LogP contribution in [0.15, 0.2) is 61.2 Å². The highest BCUT2D eigenvalue weighted by atomic mass is 35.5. The zero-order chi connectivity index (χ0) is 27.0. The van der Waals surface area contributed by atoms with Gasteiger partial charge in [0.25, 0.3) is 0 Å². The van der Waals surface area contributed by atoms with Crippen molar-refractivity contribution in [2.24, 2.45) is 5.41 Å². The Kier molecular flexibility index (Phi) is 8.44. The summed E-state index contributed by atoms with van der Waals surface area (Å²) in [4.78, 5) is 16.3. The molecule has 1 amide bonds. The fraction of sp³-hybridized carbons (Fsp3) is 0.483. The summed E-state index contributed by atoms with van der Waals surface area (Å²) in [6.45, 7) is 9.80. The highest BCUT2D eigenvalue weighted by molar-refractivity contribution is 7.90. The molecule has 1 saturated heterocycles. The normalized spacial score (nSPS) is 26.1. The largest absolute Gasteiger partial charge is 0.330 e. The van der Waals surface area contributed by atoms with Gasteiger partial charge in [-0.15, -0.1) is 6.58 Å². The molecule has 0 radical (unpaired) electrons. The molecule has 5 nitrogen and oxygen atoms in total. The molecule has 1 heterocycles. The molecule has 2 aromatic rings. The van der Waals surface area contributed by atoms with Gasteiger partial charge in [-0.2, -0.15) is 0 Å². The van der Waals surface area contributed by atoms with E-state index in [1.807, 2.05) is 68.1 Å². The number of carbonyl (C=O) groups excluding carboxylic acids is 1. The number of hydrogen-bond donors (Lipinski definition) is 1. The summed E-state index contributed by atoms with van der Waals surface area (Å²) in [7, 11) is -3.43. The van der Waals surface area contributed by atoms with Crippen LogP contribution in [0.1, 0.15) is 76.0 Å². The highest BCUT2D eigenvalue weighted by Gasteiger charge is 2.52. The van der Waals surface area contributed by atoms with Crippen LogP contribution in [0.5, 0.6) is 0 Å². The number of allylic oxidation sites excluding steroid dienone is 1. The Morgan fingerprint density at radius 1 is 1.14 bits per heavy atom. The predicted molar refractivity (Wildman–Crippen MR) is 151 cm³/mol. The van der Waals surface area contributed by atoms with Gasteiger partial charge in [0.15, 0.2) is 0 Å². The molecule has 200 valence electrons. The van der Waals surface area contributed by atoms with Crippen molar-refractivity contribution in [1.29, 1.82) is 0 Å². The summed E-state index contributed by atoms with van der Waals surface area (Å²) in [5.74, 6) is -0.0567. The van der Waals surface area contributed by atoms with Crippen LogP contribution in [0, 0.1) is 5.41 Å². The van der Waals surface area contributed by atoms with Crippen molar-refractivity contribution in [3.63, 3.8) is 0 Å². The van der Waals surface area contributed by atoms with E-state index >= 15 is 0 Å². The van der Waals surface area contributed by atoms with Crippen molar-refractivity contribution in [1.82, 2.24) is 9.62 Å². The monoisotopic (exact) mass is 562 g/mol. The zero-order valence-corrected chi connectivity index (χ0v) is 24.0. The van der Waals surface area contributed by atoms with E-state index in [1.165, 1.54) is 0 Å².